The van der Waals surface area contributed by atoms with Crippen molar-refractivity contribution in [2.24, 2.45) is 0 Å². The van der Waals surface area contributed by atoms with E-state index in [0.717, 1.165) is 24.3 Å². The van der Waals surface area contributed by atoms with Gasteiger partial charge in [-0.2, -0.15) is 0 Å². The van der Waals surface area contributed by atoms with E-state index >= 15 is 0 Å². The number of nitrogens with one attached hydrogen (secondary N) is 2. The van der Waals surface area contributed by atoms with Gasteiger partial charge in [-0.15, -0.1) is 0 Å². The monoisotopic (exact) mass is 251 g/mol. The summed E-state index contributed by atoms with van der Waals surface area (Å²) in [5.74, 6) is 1.53. The van der Waals surface area contributed by atoms with Crippen LogP contribution in [0.15, 0.2) is 4.42 Å². The second-order valence-corrected chi connectivity index (χ2v) is 4.87. The molecule has 0 unspecified atom stereocenters. The third-order valence-corrected chi connectivity index (χ3v) is 3.33. The molecular formula is C13H21N3O2. The SMILES string of the molecule is Cc1nc(C)c(CCNC(=O)NC2CCCC2)o1. The average molecular weight is 251 g/mol. The number of oxazole rings is 1. The van der Waals surface area contributed by atoms with Crippen LogP contribution in [-0.2, 0) is 6.42 Å². The van der Waals surface area contributed by atoms with Crippen molar-refractivity contribution >= 4 is 6.03 Å². The van der Waals surface area contributed by atoms with Gasteiger partial charge in [0.2, 0.25) is 0 Å². The fraction of sp³-hybridized carbons (Fsp3) is 0.692. The third kappa shape index (κ3) is 3.48. The molecule has 0 spiro atoms. The van der Waals surface area contributed by atoms with Crippen LogP contribution in [0.3, 0.4) is 0 Å². The molecule has 0 aliphatic heterocycles. The van der Waals surface area contributed by atoms with Crippen molar-refractivity contribution in [1.29, 1.82) is 0 Å². The zero-order valence-corrected chi connectivity index (χ0v) is 11.1. The van der Waals surface area contributed by atoms with Crippen LogP contribution in [0.4, 0.5) is 4.79 Å². The highest BCUT2D eigenvalue weighted by Gasteiger charge is 2.16. The Hall–Kier alpha value is -1.52. The van der Waals surface area contributed by atoms with Crippen molar-refractivity contribution in [3.05, 3.63) is 17.3 Å². The number of rotatable bonds is 4. The fourth-order valence-corrected chi connectivity index (χ4v) is 2.40. The van der Waals surface area contributed by atoms with E-state index in [1.54, 1.807) is 0 Å². The summed E-state index contributed by atoms with van der Waals surface area (Å²) in [4.78, 5) is 15.8. The van der Waals surface area contributed by atoms with E-state index in [4.69, 9.17) is 4.42 Å². The molecular weight excluding hydrogens is 230 g/mol. The molecule has 0 atom stereocenters. The highest BCUT2D eigenvalue weighted by atomic mass is 16.4. The summed E-state index contributed by atoms with van der Waals surface area (Å²) >= 11 is 0. The summed E-state index contributed by atoms with van der Waals surface area (Å²) in [7, 11) is 0. The molecule has 18 heavy (non-hydrogen) atoms. The molecule has 1 aromatic heterocycles. The van der Waals surface area contributed by atoms with Crippen LogP contribution in [0.5, 0.6) is 0 Å². The van der Waals surface area contributed by atoms with Gasteiger partial charge in [0, 0.05) is 25.9 Å². The Kier molecular flexibility index (Phi) is 4.23. The van der Waals surface area contributed by atoms with Crippen molar-refractivity contribution in [3.8, 4) is 0 Å². The third-order valence-electron chi connectivity index (χ3n) is 3.33. The van der Waals surface area contributed by atoms with Crippen molar-refractivity contribution in [2.75, 3.05) is 6.54 Å². The van der Waals surface area contributed by atoms with Crippen LogP contribution < -0.4 is 10.6 Å². The van der Waals surface area contributed by atoms with Gasteiger partial charge in [-0.05, 0) is 19.8 Å². The van der Waals surface area contributed by atoms with Crippen LogP contribution in [0.25, 0.3) is 0 Å². The molecule has 0 aromatic carbocycles. The van der Waals surface area contributed by atoms with Gasteiger partial charge in [0.25, 0.3) is 0 Å². The van der Waals surface area contributed by atoms with Crippen LogP contribution >= 0.6 is 0 Å². The predicted octanol–water partition coefficient (Wildman–Crippen LogP) is 2.08. The number of carbonyl (C=O) groups excluding carboxylic acids is 1. The number of hydrogen-bond donors (Lipinski definition) is 2. The normalized spacial score (nSPS) is 15.9. The van der Waals surface area contributed by atoms with Crippen molar-refractivity contribution in [3.63, 3.8) is 0 Å². The van der Waals surface area contributed by atoms with Gasteiger partial charge in [-0.1, -0.05) is 12.8 Å². The molecule has 5 heteroatoms. The zero-order chi connectivity index (χ0) is 13.0. The molecule has 1 aromatic rings. The quantitative estimate of drug-likeness (QED) is 0.861. The van der Waals surface area contributed by atoms with Crippen LogP contribution in [0, 0.1) is 13.8 Å². The fourth-order valence-electron chi connectivity index (χ4n) is 2.40. The van der Waals surface area contributed by atoms with Gasteiger partial charge in [0.1, 0.15) is 5.76 Å². The Labute approximate surface area is 107 Å². The van der Waals surface area contributed by atoms with E-state index in [1.807, 2.05) is 13.8 Å². The van der Waals surface area contributed by atoms with E-state index in [9.17, 15) is 4.79 Å². The van der Waals surface area contributed by atoms with Gasteiger partial charge in [-0.25, -0.2) is 9.78 Å². The second kappa shape index (κ2) is 5.89. The van der Waals surface area contributed by atoms with Crippen LogP contribution in [0.2, 0.25) is 0 Å². The average Bonchev–Trinajstić information content (AvgIpc) is 2.89. The van der Waals surface area contributed by atoms with Gasteiger partial charge >= 0.3 is 6.03 Å². The lowest BCUT2D eigenvalue weighted by atomic mass is 10.2. The van der Waals surface area contributed by atoms with E-state index in [1.165, 1.54) is 12.8 Å². The minimum Gasteiger partial charge on any atom is -0.446 e. The van der Waals surface area contributed by atoms with E-state index < -0.39 is 0 Å². The second-order valence-electron chi connectivity index (χ2n) is 4.87. The number of amides is 2. The van der Waals surface area contributed by atoms with Gasteiger partial charge in [0.15, 0.2) is 5.89 Å². The van der Waals surface area contributed by atoms with Crippen LogP contribution in [-0.4, -0.2) is 23.6 Å². The first-order valence-electron chi connectivity index (χ1n) is 6.62. The summed E-state index contributed by atoms with van der Waals surface area (Å²) in [5, 5.41) is 5.85. The number of carbonyl (C=O) groups is 1. The van der Waals surface area contributed by atoms with Crippen LogP contribution in [0.1, 0.15) is 43.0 Å². The molecule has 2 amide bonds. The maximum atomic E-state index is 11.6. The first-order valence-corrected chi connectivity index (χ1v) is 6.62. The lowest BCUT2D eigenvalue weighted by Gasteiger charge is -2.12. The highest BCUT2D eigenvalue weighted by molar-refractivity contribution is 5.74. The minimum absolute atomic E-state index is 0.0733. The molecule has 0 bridgehead atoms. The van der Waals surface area contributed by atoms with E-state index in [0.29, 0.717) is 24.9 Å². The van der Waals surface area contributed by atoms with Crippen molar-refractivity contribution in [1.82, 2.24) is 15.6 Å². The summed E-state index contributed by atoms with van der Waals surface area (Å²) < 4.78 is 5.45. The summed E-state index contributed by atoms with van der Waals surface area (Å²) in [5.41, 5.74) is 0.908. The molecule has 1 aliphatic carbocycles. The van der Waals surface area contributed by atoms with Gasteiger partial charge < -0.3 is 15.1 Å². The topological polar surface area (TPSA) is 67.2 Å². The number of urea groups is 1. The molecule has 0 saturated heterocycles. The standard InChI is InChI=1S/C13H21N3O2/c1-9-12(18-10(2)15-9)7-8-14-13(17)16-11-5-3-4-6-11/h11H,3-8H2,1-2H3,(H2,14,16,17). The number of aromatic nitrogens is 1. The molecule has 1 saturated carbocycles. The smallest absolute Gasteiger partial charge is 0.315 e. The maximum absolute atomic E-state index is 11.6. The first kappa shape index (κ1) is 12.9. The molecule has 0 radical (unpaired) electrons. The number of nitrogens with zero attached hydrogens (tertiary/aromatic N) is 1. The number of aryl methyl sites for hydroxylation is 2. The predicted molar refractivity (Wildman–Crippen MR) is 68.5 cm³/mol. The first-order chi connectivity index (χ1) is 8.65. The Morgan fingerprint density at radius 2 is 2.11 bits per heavy atom. The lowest BCUT2D eigenvalue weighted by Crippen LogP contribution is -2.41. The largest absolute Gasteiger partial charge is 0.446 e. The minimum atomic E-state index is -0.0733. The van der Waals surface area contributed by atoms with Gasteiger partial charge in [-0.3, -0.25) is 0 Å². The number of hydrogen-bond acceptors (Lipinski definition) is 3. The molecule has 100 valence electrons. The highest BCUT2D eigenvalue weighted by Crippen LogP contribution is 2.17. The molecule has 5 nitrogen and oxygen atoms in total. The van der Waals surface area contributed by atoms with Crippen molar-refractivity contribution in [2.45, 2.75) is 52.0 Å². The molecule has 1 aliphatic rings. The lowest BCUT2D eigenvalue weighted by molar-refractivity contribution is 0.237. The molecule has 2 N–H and O–H groups in total. The van der Waals surface area contributed by atoms with Gasteiger partial charge in [0.05, 0.1) is 5.69 Å². The molecule has 2 rings (SSSR count). The Balaban J connectivity index is 1.68. The summed E-state index contributed by atoms with van der Waals surface area (Å²) in [6.45, 7) is 4.33. The summed E-state index contributed by atoms with van der Waals surface area (Å²) in [6.07, 6.45) is 5.34. The van der Waals surface area contributed by atoms with E-state index in [2.05, 4.69) is 15.6 Å². The molecule has 1 heterocycles. The molecule has 1 fully saturated rings. The Bertz CT molecular complexity index is 408. The zero-order valence-electron chi connectivity index (χ0n) is 11.1. The van der Waals surface area contributed by atoms with E-state index in [-0.39, 0.29) is 6.03 Å². The Morgan fingerprint density at radius 3 is 2.72 bits per heavy atom. The Morgan fingerprint density at radius 1 is 1.39 bits per heavy atom. The van der Waals surface area contributed by atoms with Crippen molar-refractivity contribution < 1.29 is 9.21 Å². The maximum Gasteiger partial charge on any atom is 0.315 e. The summed E-state index contributed by atoms with van der Waals surface area (Å²) in [6, 6.07) is 0.287.